The van der Waals surface area contributed by atoms with Crippen LogP contribution in [-0.4, -0.2) is 33.7 Å². The third kappa shape index (κ3) is 3.96. The van der Waals surface area contributed by atoms with E-state index in [9.17, 15) is 9.50 Å². The van der Waals surface area contributed by atoms with E-state index in [1.165, 1.54) is 12.1 Å². The minimum absolute atomic E-state index is 0.200. The molecule has 1 unspecified atom stereocenters. The standard InChI is InChI=1S/C14H19FN2OS/c1-14(18)3-2-4-17(9-14)8-10-5-11(13(16)19)7-12(15)6-10/h5-7,18H,2-4,8-9H2,1H3,(H2,16,19). The van der Waals surface area contributed by atoms with Crippen molar-refractivity contribution in [3.05, 3.63) is 35.1 Å². The molecule has 0 amide bonds. The minimum atomic E-state index is -0.655. The quantitative estimate of drug-likeness (QED) is 0.830. The molecule has 1 aromatic carbocycles. The zero-order valence-corrected chi connectivity index (χ0v) is 11.8. The lowest BCUT2D eigenvalue weighted by Crippen LogP contribution is -2.45. The third-order valence-corrected chi connectivity index (χ3v) is 3.64. The second-order valence-corrected chi connectivity index (χ2v) is 5.96. The van der Waals surface area contributed by atoms with Crippen molar-refractivity contribution in [1.82, 2.24) is 4.90 Å². The maximum Gasteiger partial charge on any atom is 0.124 e. The predicted octanol–water partition coefficient (Wildman–Crippen LogP) is 1.81. The summed E-state index contributed by atoms with van der Waals surface area (Å²) in [4.78, 5) is 2.33. The summed E-state index contributed by atoms with van der Waals surface area (Å²) in [6.07, 6.45) is 1.76. The van der Waals surface area contributed by atoms with Crippen molar-refractivity contribution in [2.45, 2.75) is 31.9 Å². The Labute approximate surface area is 118 Å². The molecule has 1 aromatic rings. The molecule has 3 N–H and O–H groups in total. The van der Waals surface area contributed by atoms with Crippen molar-refractivity contribution < 1.29 is 9.50 Å². The van der Waals surface area contributed by atoms with Gasteiger partial charge in [-0.3, -0.25) is 4.90 Å². The van der Waals surface area contributed by atoms with Gasteiger partial charge in [0.1, 0.15) is 10.8 Å². The maximum absolute atomic E-state index is 13.5. The van der Waals surface area contributed by atoms with Gasteiger partial charge in [0.25, 0.3) is 0 Å². The minimum Gasteiger partial charge on any atom is -0.389 e. The van der Waals surface area contributed by atoms with E-state index in [2.05, 4.69) is 4.90 Å². The molecule has 0 aliphatic carbocycles. The van der Waals surface area contributed by atoms with E-state index < -0.39 is 5.60 Å². The van der Waals surface area contributed by atoms with E-state index >= 15 is 0 Å². The Bertz CT molecular complexity index is 490. The van der Waals surface area contributed by atoms with Crippen molar-refractivity contribution in [1.29, 1.82) is 0 Å². The first-order chi connectivity index (χ1) is 8.85. The number of aliphatic hydroxyl groups is 1. The van der Waals surface area contributed by atoms with Gasteiger partial charge in [-0.25, -0.2) is 4.39 Å². The van der Waals surface area contributed by atoms with Crippen LogP contribution < -0.4 is 5.73 Å². The van der Waals surface area contributed by atoms with Gasteiger partial charge >= 0.3 is 0 Å². The molecule has 1 aliphatic rings. The van der Waals surface area contributed by atoms with Crippen LogP contribution in [0.15, 0.2) is 18.2 Å². The lowest BCUT2D eigenvalue weighted by Gasteiger charge is -2.36. The molecule has 104 valence electrons. The molecule has 1 atom stereocenters. The van der Waals surface area contributed by atoms with Gasteiger partial charge in [-0.15, -0.1) is 0 Å². The molecule has 2 rings (SSSR count). The van der Waals surface area contributed by atoms with Crippen LogP contribution in [0.4, 0.5) is 4.39 Å². The number of piperidine rings is 1. The van der Waals surface area contributed by atoms with Crippen molar-refractivity contribution in [3.8, 4) is 0 Å². The molecule has 5 heteroatoms. The number of rotatable bonds is 3. The number of nitrogens with two attached hydrogens (primary N) is 1. The Morgan fingerprint density at radius 3 is 2.89 bits per heavy atom. The molecule has 0 aromatic heterocycles. The number of benzene rings is 1. The summed E-state index contributed by atoms with van der Waals surface area (Å²) in [6, 6.07) is 4.65. The molecule has 1 fully saturated rings. The SMILES string of the molecule is CC1(O)CCCN(Cc2cc(F)cc(C(N)=S)c2)C1. The Balaban J connectivity index is 2.12. The molecular weight excluding hydrogens is 263 g/mol. The molecule has 1 heterocycles. The molecule has 0 radical (unpaired) electrons. The zero-order valence-electron chi connectivity index (χ0n) is 11.0. The molecule has 0 bridgehead atoms. The second-order valence-electron chi connectivity index (χ2n) is 5.52. The van der Waals surface area contributed by atoms with E-state index in [0.29, 0.717) is 18.7 Å². The summed E-state index contributed by atoms with van der Waals surface area (Å²) in [5.41, 5.74) is 6.27. The highest BCUT2D eigenvalue weighted by molar-refractivity contribution is 7.80. The molecule has 1 aliphatic heterocycles. The molecule has 1 saturated heterocycles. The number of hydrogen-bond acceptors (Lipinski definition) is 3. The smallest absolute Gasteiger partial charge is 0.124 e. The first-order valence-corrected chi connectivity index (χ1v) is 6.81. The molecule has 0 saturated carbocycles. The Morgan fingerprint density at radius 2 is 2.26 bits per heavy atom. The largest absolute Gasteiger partial charge is 0.389 e. The lowest BCUT2D eigenvalue weighted by molar-refractivity contribution is -0.0181. The highest BCUT2D eigenvalue weighted by Crippen LogP contribution is 2.22. The number of thiocarbonyl (C=S) groups is 1. The number of β-amino-alcohol motifs (C(OH)–C–C–N with tert-alkyl or cyclic N) is 1. The van der Waals surface area contributed by atoms with E-state index in [1.54, 1.807) is 0 Å². The number of likely N-dealkylation sites (tertiary alicyclic amines) is 1. The average molecular weight is 282 g/mol. The van der Waals surface area contributed by atoms with Crippen LogP contribution >= 0.6 is 12.2 Å². The van der Waals surface area contributed by atoms with Crippen LogP contribution in [0.2, 0.25) is 0 Å². The molecule has 19 heavy (non-hydrogen) atoms. The Hall–Kier alpha value is -1.04. The lowest BCUT2D eigenvalue weighted by atomic mass is 9.95. The molecular formula is C14H19FN2OS. The second kappa shape index (κ2) is 5.53. The van der Waals surface area contributed by atoms with E-state index in [0.717, 1.165) is 24.9 Å². The van der Waals surface area contributed by atoms with Crippen LogP contribution in [0, 0.1) is 5.82 Å². The highest BCUT2D eigenvalue weighted by Gasteiger charge is 2.28. The van der Waals surface area contributed by atoms with Gasteiger partial charge in [-0.05, 0) is 50.1 Å². The maximum atomic E-state index is 13.5. The number of nitrogens with zero attached hydrogens (tertiary/aromatic N) is 1. The number of halogens is 1. The van der Waals surface area contributed by atoms with Gasteiger partial charge in [0.2, 0.25) is 0 Å². The summed E-state index contributed by atoms with van der Waals surface area (Å²) in [5, 5.41) is 10.1. The Kier molecular flexibility index (Phi) is 4.18. The van der Waals surface area contributed by atoms with Crippen LogP contribution in [0.3, 0.4) is 0 Å². The predicted molar refractivity (Wildman–Crippen MR) is 77.4 cm³/mol. The van der Waals surface area contributed by atoms with Gasteiger partial charge in [-0.1, -0.05) is 12.2 Å². The number of hydrogen-bond donors (Lipinski definition) is 2. The van der Waals surface area contributed by atoms with Gasteiger partial charge in [0.05, 0.1) is 5.60 Å². The molecule has 3 nitrogen and oxygen atoms in total. The fourth-order valence-corrected chi connectivity index (χ4v) is 2.72. The van der Waals surface area contributed by atoms with Gasteiger partial charge in [0, 0.05) is 18.7 Å². The van der Waals surface area contributed by atoms with Crippen LogP contribution in [0.5, 0.6) is 0 Å². The first kappa shape index (κ1) is 14.4. The van der Waals surface area contributed by atoms with Gasteiger partial charge in [0.15, 0.2) is 0 Å². The van der Waals surface area contributed by atoms with E-state index in [4.69, 9.17) is 18.0 Å². The van der Waals surface area contributed by atoms with Crippen molar-refractivity contribution >= 4 is 17.2 Å². The normalized spacial score (nSPS) is 24.4. The molecule has 0 spiro atoms. The third-order valence-electron chi connectivity index (χ3n) is 3.40. The Morgan fingerprint density at radius 1 is 1.53 bits per heavy atom. The van der Waals surface area contributed by atoms with Gasteiger partial charge in [-0.2, -0.15) is 0 Å². The van der Waals surface area contributed by atoms with Crippen LogP contribution in [-0.2, 0) is 6.54 Å². The van der Waals surface area contributed by atoms with Crippen LogP contribution in [0.1, 0.15) is 30.9 Å². The monoisotopic (exact) mass is 282 g/mol. The summed E-state index contributed by atoms with van der Waals surface area (Å²) < 4.78 is 13.5. The topological polar surface area (TPSA) is 49.5 Å². The first-order valence-electron chi connectivity index (χ1n) is 6.40. The summed E-state index contributed by atoms with van der Waals surface area (Å²) >= 11 is 4.88. The van der Waals surface area contributed by atoms with Gasteiger partial charge < -0.3 is 10.8 Å². The summed E-state index contributed by atoms with van der Waals surface area (Å²) in [7, 11) is 0. The fourth-order valence-electron chi connectivity index (χ4n) is 2.60. The van der Waals surface area contributed by atoms with Crippen molar-refractivity contribution in [2.75, 3.05) is 13.1 Å². The van der Waals surface area contributed by atoms with E-state index in [1.807, 2.05) is 13.0 Å². The van der Waals surface area contributed by atoms with Crippen molar-refractivity contribution in [3.63, 3.8) is 0 Å². The van der Waals surface area contributed by atoms with Crippen molar-refractivity contribution in [2.24, 2.45) is 5.73 Å². The van der Waals surface area contributed by atoms with Crippen LogP contribution in [0.25, 0.3) is 0 Å². The van der Waals surface area contributed by atoms with E-state index in [-0.39, 0.29) is 10.8 Å². The fraction of sp³-hybridized carbons (Fsp3) is 0.500. The average Bonchev–Trinajstić information content (AvgIpc) is 2.26. The highest BCUT2D eigenvalue weighted by atomic mass is 32.1. The zero-order chi connectivity index (χ0) is 14.0. The summed E-state index contributed by atoms with van der Waals surface area (Å²) in [5.74, 6) is -0.330. The summed E-state index contributed by atoms with van der Waals surface area (Å²) in [6.45, 7) is 3.95.